The van der Waals surface area contributed by atoms with Gasteiger partial charge in [0.25, 0.3) is 5.91 Å². The van der Waals surface area contributed by atoms with Crippen LogP contribution in [0.3, 0.4) is 0 Å². The summed E-state index contributed by atoms with van der Waals surface area (Å²) in [5.74, 6) is 0.245. The molecule has 0 bridgehead atoms. The molecule has 6 nitrogen and oxygen atoms in total. The third-order valence-corrected chi connectivity index (χ3v) is 2.41. The summed E-state index contributed by atoms with van der Waals surface area (Å²) in [7, 11) is 1.72. The lowest BCUT2D eigenvalue weighted by atomic mass is 10.2. The van der Waals surface area contributed by atoms with Gasteiger partial charge in [-0.2, -0.15) is 5.26 Å². The second kappa shape index (κ2) is 5.60. The smallest absolute Gasteiger partial charge is 0.275 e. The van der Waals surface area contributed by atoms with Gasteiger partial charge in [0.2, 0.25) is 0 Å². The van der Waals surface area contributed by atoms with Crippen LogP contribution in [0.15, 0.2) is 36.7 Å². The van der Waals surface area contributed by atoms with Gasteiger partial charge in [0, 0.05) is 12.7 Å². The molecule has 0 unspecified atom stereocenters. The van der Waals surface area contributed by atoms with Gasteiger partial charge in [-0.15, -0.1) is 0 Å². The predicted octanol–water partition coefficient (Wildman–Crippen LogP) is 1.64. The highest BCUT2D eigenvalue weighted by Crippen LogP contribution is 2.10. The van der Waals surface area contributed by atoms with E-state index in [1.54, 1.807) is 31.3 Å². The van der Waals surface area contributed by atoms with Crippen LogP contribution >= 0.6 is 0 Å². The monoisotopic (exact) mass is 253 g/mol. The number of carbonyl (C=O) groups is 1. The summed E-state index contributed by atoms with van der Waals surface area (Å²) >= 11 is 0. The molecule has 1 aromatic carbocycles. The van der Waals surface area contributed by atoms with E-state index in [0.29, 0.717) is 17.1 Å². The van der Waals surface area contributed by atoms with E-state index in [1.165, 1.54) is 12.4 Å². The van der Waals surface area contributed by atoms with Crippen LogP contribution in [0, 0.1) is 11.3 Å². The summed E-state index contributed by atoms with van der Waals surface area (Å²) < 4.78 is 0. The molecule has 0 atom stereocenters. The van der Waals surface area contributed by atoms with Crippen molar-refractivity contribution in [3.05, 3.63) is 47.9 Å². The minimum atomic E-state index is -0.347. The Kier molecular flexibility index (Phi) is 3.69. The van der Waals surface area contributed by atoms with Crippen molar-refractivity contribution in [2.24, 2.45) is 0 Å². The SMILES string of the molecule is CNc1cnc(C(=O)Nc2ccc(C#N)cc2)cn1. The molecule has 6 heteroatoms. The first kappa shape index (κ1) is 12.5. The van der Waals surface area contributed by atoms with Crippen molar-refractivity contribution in [1.82, 2.24) is 9.97 Å². The Balaban J connectivity index is 2.09. The average Bonchev–Trinajstić information content (AvgIpc) is 2.48. The second-order valence-electron chi connectivity index (χ2n) is 3.68. The molecule has 2 rings (SSSR count). The highest BCUT2D eigenvalue weighted by molar-refractivity contribution is 6.02. The van der Waals surface area contributed by atoms with Crippen LogP contribution in [0.1, 0.15) is 16.1 Å². The first-order chi connectivity index (χ1) is 9.22. The molecule has 0 aliphatic rings. The summed E-state index contributed by atoms with van der Waals surface area (Å²) in [5, 5.41) is 14.2. The summed E-state index contributed by atoms with van der Waals surface area (Å²) in [5.41, 5.74) is 1.36. The fraction of sp³-hybridized carbons (Fsp3) is 0.0769. The minimum absolute atomic E-state index is 0.225. The molecular weight excluding hydrogens is 242 g/mol. The Morgan fingerprint density at radius 1 is 1.21 bits per heavy atom. The fourth-order valence-corrected chi connectivity index (χ4v) is 1.40. The van der Waals surface area contributed by atoms with Crippen LogP contribution < -0.4 is 10.6 Å². The number of amides is 1. The van der Waals surface area contributed by atoms with Gasteiger partial charge in [-0.25, -0.2) is 9.97 Å². The molecule has 0 spiro atoms. The fourth-order valence-electron chi connectivity index (χ4n) is 1.40. The van der Waals surface area contributed by atoms with Crippen LogP contribution in [-0.4, -0.2) is 22.9 Å². The average molecular weight is 253 g/mol. The van der Waals surface area contributed by atoms with Crippen molar-refractivity contribution in [2.75, 3.05) is 17.7 Å². The number of hydrogen-bond acceptors (Lipinski definition) is 5. The molecule has 1 aromatic heterocycles. The zero-order valence-electron chi connectivity index (χ0n) is 10.2. The van der Waals surface area contributed by atoms with Crippen molar-refractivity contribution < 1.29 is 4.79 Å². The lowest BCUT2D eigenvalue weighted by molar-refractivity contribution is 0.102. The van der Waals surface area contributed by atoms with Crippen LogP contribution in [0.2, 0.25) is 0 Å². The molecule has 0 aliphatic heterocycles. The van der Waals surface area contributed by atoms with Crippen LogP contribution in [-0.2, 0) is 0 Å². The molecule has 0 saturated carbocycles. The lowest BCUT2D eigenvalue weighted by Crippen LogP contribution is -2.14. The summed E-state index contributed by atoms with van der Waals surface area (Å²) in [6.07, 6.45) is 2.87. The molecule has 1 amide bonds. The van der Waals surface area contributed by atoms with E-state index >= 15 is 0 Å². The maximum Gasteiger partial charge on any atom is 0.275 e. The third kappa shape index (κ3) is 3.04. The molecule has 19 heavy (non-hydrogen) atoms. The van der Waals surface area contributed by atoms with Gasteiger partial charge in [0.05, 0.1) is 24.0 Å². The number of nitriles is 1. The number of nitrogens with one attached hydrogen (secondary N) is 2. The molecular formula is C13H11N5O. The highest BCUT2D eigenvalue weighted by atomic mass is 16.1. The Bertz CT molecular complexity index is 613. The summed E-state index contributed by atoms with van der Waals surface area (Å²) in [6, 6.07) is 8.59. The van der Waals surface area contributed by atoms with Crippen molar-refractivity contribution >= 4 is 17.4 Å². The number of benzene rings is 1. The predicted molar refractivity (Wildman–Crippen MR) is 70.7 cm³/mol. The highest BCUT2D eigenvalue weighted by Gasteiger charge is 2.08. The number of nitrogens with zero attached hydrogens (tertiary/aromatic N) is 3. The van der Waals surface area contributed by atoms with E-state index in [2.05, 4.69) is 20.6 Å². The first-order valence-electron chi connectivity index (χ1n) is 5.54. The summed E-state index contributed by atoms with van der Waals surface area (Å²) in [6.45, 7) is 0. The van der Waals surface area contributed by atoms with Crippen LogP contribution in [0.5, 0.6) is 0 Å². The van der Waals surface area contributed by atoms with Gasteiger partial charge in [-0.3, -0.25) is 4.79 Å². The first-order valence-corrected chi connectivity index (χ1v) is 5.54. The summed E-state index contributed by atoms with van der Waals surface area (Å²) in [4.78, 5) is 19.9. The maximum atomic E-state index is 11.9. The van der Waals surface area contributed by atoms with Gasteiger partial charge in [-0.05, 0) is 24.3 Å². The number of aromatic nitrogens is 2. The zero-order valence-corrected chi connectivity index (χ0v) is 10.2. The normalized spacial score (nSPS) is 9.47. The number of anilines is 2. The topological polar surface area (TPSA) is 90.7 Å². The van der Waals surface area contributed by atoms with E-state index in [0.717, 1.165) is 0 Å². The second-order valence-corrected chi connectivity index (χ2v) is 3.68. The van der Waals surface area contributed by atoms with Gasteiger partial charge in [0.1, 0.15) is 11.5 Å². The van der Waals surface area contributed by atoms with Gasteiger partial charge in [-0.1, -0.05) is 0 Å². The standard InChI is InChI=1S/C13H11N5O/c1-15-12-8-16-11(7-17-12)13(19)18-10-4-2-9(6-14)3-5-10/h2-5,7-8H,1H3,(H,15,17)(H,18,19). The van der Waals surface area contributed by atoms with Gasteiger partial charge >= 0.3 is 0 Å². The Labute approximate surface area is 110 Å². The molecule has 0 radical (unpaired) electrons. The Morgan fingerprint density at radius 2 is 1.95 bits per heavy atom. The quantitative estimate of drug-likeness (QED) is 0.867. The van der Waals surface area contributed by atoms with Crippen LogP contribution in [0.4, 0.5) is 11.5 Å². The van der Waals surface area contributed by atoms with Gasteiger partial charge < -0.3 is 10.6 Å². The van der Waals surface area contributed by atoms with Crippen molar-refractivity contribution in [2.45, 2.75) is 0 Å². The van der Waals surface area contributed by atoms with E-state index in [9.17, 15) is 4.79 Å². The largest absolute Gasteiger partial charge is 0.372 e. The number of hydrogen-bond donors (Lipinski definition) is 2. The van der Waals surface area contributed by atoms with Crippen molar-refractivity contribution in [3.8, 4) is 6.07 Å². The van der Waals surface area contributed by atoms with Crippen LogP contribution in [0.25, 0.3) is 0 Å². The lowest BCUT2D eigenvalue weighted by Gasteiger charge is -2.05. The minimum Gasteiger partial charge on any atom is -0.372 e. The van der Waals surface area contributed by atoms with E-state index in [1.807, 2.05) is 6.07 Å². The molecule has 0 aliphatic carbocycles. The number of rotatable bonds is 3. The van der Waals surface area contributed by atoms with E-state index in [4.69, 9.17) is 5.26 Å². The van der Waals surface area contributed by atoms with Gasteiger partial charge in [0.15, 0.2) is 0 Å². The molecule has 1 heterocycles. The van der Waals surface area contributed by atoms with E-state index < -0.39 is 0 Å². The number of carbonyl (C=O) groups excluding carboxylic acids is 1. The molecule has 0 fully saturated rings. The molecule has 2 N–H and O–H groups in total. The maximum absolute atomic E-state index is 11.9. The van der Waals surface area contributed by atoms with Crippen molar-refractivity contribution in [1.29, 1.82) is 5.26 Å². The Hall–Kier alpha value is -2.94. The third-order valence-electron chi connectivity index (χ3n) is 2.41. The Morgan fingerprint density at radius 3 is 2.47 bits per heavy atom. The van der Waals surface area contributed by atoms with E-state index in [-0.39, 0.29) is 11.6 Å². The molecule has 94 valence electrons. The zero-order chi connectivity index (χ0) is 13.7. The molecule has 2 aromatic rings. The molecule has 0 saturated heterocycles. The van der Waals surface area contributed by atoms with Crippen molar-refractivity contribution in [3.63, 3.8) is 0 Å².